The minimum Gasteiger partial charge on any atom is -0.549 e. The summed E-state index contributed by atoms with van der Waals surface area (Å²) in [5.41, 5.74) is 6.18. The van der Waals surface area contributed by atoms with Crippen molar-refractivity contribution in [3.63, 3.8) is 0 Å². The predicted molar refractivity (Wildman–Crippen MR) is 99.1 cm³/mol. The number of hydrogen-bond acceptors (Lipinski definition) is 4. The third-order valence-electron chi connectivity index (χ3n) is 3.69. The van der Waals surface area contributed by atoms with Crippen LogP contribution in [0.5, 0.6) is 0 Å². The Hall–Kier alpha value is -2.28. The largest absolute Gasteiger partial charge is 0.549 e. The van der Waals surface area contributed by atoms with Crippen LogP contribution in [0.15, 0.2) is 60.8 Å². The van der Waals surface area contributed by atoms with E-state index in [0.29, 0.717) is 18.7 Å². The Morgan fingerprint density at radius 1 is 1.16 bits per heavy atom. The van der Waals surface area contributed by atoms with Gasteiger partial charge >= 0.3 is 0 Å². The fourth-order valence-electron chi connectivity index (χ4n) is 2.53. The highest BCUT2D eigenvalue weighted by atomic mass is 32.1. The van der Waals surface area contributed by atoms with Gasteiger partial charge in [-0.2, -0.15) is 12.6 Å². The zero-order valence-corrected chi connectivity index (χ0v) is 14.7. The van der Waals surface area contributed by atoms with Crippen LogP contribution in [0, 0.1) is 0 Å². The molecule has 0 fully saturated rings. The van der Waals surface area contributed by atoms with E-state index in [4.69, 9.17) is 5.11 Å². The van der Waals surface area contributed by atoms with Crippen molar-refractivity contribution < 1.29 is 20.7 Å². The van der Waals surface area contributed by atoms with E-state index in [0.717, 1.165) is 16.5 Å². The van der Waals surface area contributed by atoms with Crippen LogP contribution in [0.1, 0.15) is 16.4 Å². The molecule has 0 aliphatic rings. The first-order valence-corrected chi connectivity index (χ1v) is 8.50. The van der Waals surface area contributed by atoms with Crippen LogP contribution in [-0.2, 0) is 11.3 Å². The molecule has 132 valence electrons. The molecule has 1 aromatic heterocycles. The molecule has 4 N–H and O–H groups in total. The van der Waals surface area contributed by atoms with Crippen molar-refractivity contribution in [2.24, 2.45) is 0 Å². The fourth-order valence-corrected chi connectivity index (χ4v) is 2.74. The van der Waals surface area contributed by atoms with Crippen molar-refractivity contribution in [1.82, 2.24) is 4.57 Å². The van der Waals surface area contributed by atoms with Gasteiger partial charge in [0.1, 0.15) is 0 Å². The van der Waals surface area contributed by atoms with Crippen molar-refractivity contribution in [2.45, 2.75) is 11.8 Å². The highest BCUT2D eigenvalue weighted by molar-refractivity contribution is 7.81. The summed E-state index contributed by atoms with van der Waals surface area (Å²) in [6.07, 6.45) is 1.85. The first-order chi connectivity index (χ1) is 12.1. The van der Waals surface area contributed by atoms with E-state index < -0.39 is 11.2 Å². The van der Waals surface area contributed by atoms with Gasteiger partial charge in [-0.1, -0.05) is 48.5 Å². The second-order valence-corrected chi connectivity index (χ2v) is 6.03. The number of carboxylic acids is 1. The number of quaternary nitrogens is 1. The highest BCUT2D eigenvalue weighted by Crippen LogP contribution is 2.30. The lowest BCUT2D eigenvalue weighted by atomic mass is 10.1. The molecule has 0 aliphatic heterocycles. The van der Waals surface area contributed by atoms with E-state index in [-0.39, 0.29) is 6.61 Å². The Balaban J connectivity index is 0.000000511. The highest BCUT2D eigenvalue weighted by Gasteiger charge is 2.15. The number of aliphatic hydroxyl groups is 1. The first-order valence-electron chi connectivity index (χ1n) is 7.99. The van der Waals surface area contributed by atoms with Gasteiger partial charge in [-0.05, 0) is 17.2 Å². The molecule has 0 aliphatic carbocycles. The number of aliphatic carboxylic acids is 1. The number of thiol groups is 1. The molecule has 0 saturated heterocycles. The maximum atomic E-state index is 11.1. The fraction of sp³-hybridized carbons (Fsp3) is 0.211. The standard InChI is InChI=1S/C17H15NO2S.C2H7NO/c19-17(20)16(21)14-11-18(10-12-6-2-1-3-7-12)15-9-5-4-8-13(14)15;3-1-2-4/h1-9,11,16,21H,10H2,(H,19,20);4H,1-3H2. The molecular weight excluding hydrogens is 336 g/mol. The summed E-state index contributed by atoms with van der Waals surface area (Å²) in [5, 5.41) is 18.9. The molecule has 25 heavy (non-hydrogen) atoms. The molecule has 0 spiro atoms. The summed E-state index contributed by atoms with van der Waals surface area (Å²) in [6, 6.07) is 17.8. The number of carboxylic acid groups (broad SMARTS) is 1. The minimum atomic E-state index is -1.18. The van der Waals surface area contributed by atoms with Crippen LogP contribution in [0.3, 0.4) is 0 Å². The van der Waals surface area contributed by atoms with Crippen LogP contribution in [0.2, 0.25) is 0 Å². The quantitative estimate of drug-likeness (QED) is 0.584. The summed E-state index contributed by atoms with van der Waals surface area (Å²) in [4.78, 5) is 11.1. The molecule has 0 amide bonds. The van der Waals surface area contributed by atoms with Gasteiger partial charge in [0.25, 0.3) is 0 Å². The van der Waals surface area contributed by atoms with Gasteiger partial charge in [0, 0.05) is 23.6 Å². The molecule has 3 rings (SSSR count). The Morgan fingerprint density at radius 3 is 2.36 bits per heavy atom. The van der Waals surface area contributed by atoms with E-state index >= 15 is 0 Å². The molecule has 1 heterocycles. The Labute approximate surface area is 152 Å². The van der Waals surface area contributed by atoms with Gasteiger partial charge in [0.2, 0.25) is 0 Å². The van der Waals surface area contributed by atoms with Gasteiger partial charge in [-0.15, -0.1) is 0 Å². The van der Waals surface area contributed by atoms with Crippen molar-refractivity contribution in [3.8, 4) is 0 Å². The lowest BCUT2D eigenvalue weighted by molar-refractivity contribution is -0.372. The number of aromatic nitrogens is 1. The normalized spacial score (nSPS) is 11.6. The number of aliphatic hydroxyl groups excluding tert-OH is 1. The number of nitrogens with zero attached hydrogens (tertiary/aromatic N) is 1. The summed E-state index contributed by atoms with van der Waals surface area (Å²) in [6.45, 7) is 1.52. The zero-order chi connectivity index (χ0) is 18.2. The van der Waals surface area contributed by atoms with Crippen molar-refractivity contribution >= 4 is 29.5 Å². The molecule has 2 aromatic carbocycles. The molecule has 1 unspecified atom stereocenters. The van der Waals surface area contributed by atoms with E-state index in [1.165, 1.54) is 0 Å². The number of carbonyl (C=O) groups is 1. The lowest BCUT2D eigenvalue weighted by Gasteiger charge is -2.10. The molecule has 5 nitrogen and oxygen atoms in total. The van der Waals surface area contributed by atoms with Crippen molar-refractivity contribution in [1.29, 1.82) is 0 Å². The molecule has 0 radical (unpaired) electrons. The minimum absolute atomic E-state index is 0.208. The van der Waals surface area contributed by atoms with Crippen LogP contribution >= 0.6 is 12.6 Å². The lowest BCUT2D eigenvalue weighted by Crippen LogP contribution is -2.51. The second kappa shape index (κ2) is 9.27. The maximum absolute atomic E-state index is 11.1. The van der Waals surface area contributed by atoms with Gasteiger partial charge < -0.3 is 25.3 Å². The monoisotopic (exact) mass is 358 g/mol. The number of benzene rings is 2. The number of hydrogen-bond donors (Lipinski definition) is 3. The number of rotatable bonds is 5. The van der Waals surface area contributed by atoms with E-state index in [1.807, 2.05) is 65.4 Å². The first kappa shape index (κ1) is 19.1. The van der Waals surface area contributed by atoms with Crippen molar-refractivity contribution in [3.05, 3.63) is 71.9 Å². The van der Waals surface area contributed by atoms with Crippen LogP contribution in [-0.4, -0.2) is 28.8 Å². The topological polar surface area (TPSA) is 92.9 Å². The predicted octanol–water partition coefficient (Wildman–Crippen LogP) is 0.631. The van der Waals surface area contributed by atoms with Gasteiger partial charge in [-0.25, -0.2) is 0 Å². The van der Waals surface area contributed by atoms with Gasteiger partial charge in [-0.3, -0.25) is 0 Å². The average Bonchev–Trinajstić information content (AvgIpc) is 3.00. The van der Waals surface area contributed by atoms with Gasteiger partial charge in [0.05, 0.1) is 24.4 Å². The summed E-state index contributed by atoms with van der Waals surface area (Å²) >= 11 is 4.15. The molecule has 0 saturated carbocycles. The van der Waals surface area contributed by atoms with E-state index in [1.54, 1.807) is 0 Å². The third kappa shape index (κ3) is 4.85. The van der Waals surface area contributed by atoms with Crippen molar-refractivity contribution in [2.75, 3.05) is 13.2 Å². The summed E-state index contributed by atoms with van der Waals surface area (Å²) in [7, 11) is 0. The van der Waals surface area contributed by atoms with Crippen LogP contribution in [0.4, 0.5) is 0 Å². The molecule has 0 bridgehead atoms. The maximum Gasteiger partial charge on any atom is 0.0974 e. The average molecular weight is 358 g/mol. The zero-order valence-electron chi connectivity index (χ0n) is 13.8. The third-order valence-corrected chi connectivity index (χ3v) is 4.18. The number of fused-ring (bicyclic) bond motifs is 1. The SMILES string of the molecule is O=C([O-])C(S)c1cn(Cc2ccccc2)c2ccccc12.[NH3+]CCO. The number of para-hydroxylation sites is 1. The van der Waals surface area contributed by atoms with Crippen LogP contribution < -0.4 is 10.8 Å². The Morgan fingerprint density at radius 2 is 1.76 bits per heavy atom. The molecule has 3 aromatic rings. The smallest absolute Gasteiger partial charge is 0.0974 e. The summed E-state index contributed by atoms with van der Waals surface area (Å²) in [5.74, 6) is -1.18. The van der Waals surface area contributed by atoms with E-state index in [9.17, 15) is 9.90 Å². The Kier molecular flexibility index (Phi) is 7.06. The second-order valence-electron chi connectivity index (χ2n) is 5.51. The summed E-state index contributed by atoms with van der Waals surface area (Å²) < 4.78 is 2.05. The molecule has 1 atom stereocenters. The van der Waals surface area contributed by atoms with E-state index in [2.05, 4.69) is 18.4 Å². The van der Waals surface area contributed by atoms with Gasteiger partial charge in [0.15, 0.2) is 0 Å². The molecule has 6 heteroatoms. The Bertz CT molecular complexity index is 816. The number of carbonyl (C=O) groups excluding carboxylic acids is 1. The van der Waals surface area contributed by atoms with Crippen LogP contribution in [0.25, 0.3) is 10.9 Å². The molecular formula is C19H22N2O3S.